The average molecular weight is 584 g/mol. The number of hydrogen-bond donors (Lipinski definition) is 4. The summed E-state index contributed by atoms with van der Waals surface area (Å²) < 4.78 is 10.6. The largest absolute Gasteiger partial charge is 0.497 e. The van der Waals surface area contributed by atoms with E-state index in [1.54, 1.807) is 43.2 Å². The van der Waals surface area contributed by atoms with E-state index in [9.17, 15) is 24.0 Å². The average Bonchev–Trinajstić information content (AvgIpc) is 3.50. The predicted molar refractivity (Wildman–Crippen MR) is 154 cm³/mol. The fourth-order valence-corrected chi connectivity index (χ4v) is 5.17. The number of benzene rings is 1. The molecule has 12 nitrogen and oxygen atoms in total. The molecule has 2 saturated heterocycles. The lowest BCUT2D eigenvalue weighted by Crippen LogP contribution is -2.57. The minimum Gasteiger partial charge on any atom is -0.497 e. The quantitative estimate of drug-likeness (QED) is 0.176. The zero-order valence-corrected chi connectivity index (χ0v) is 24.5. The summed E-state index contributed by atoms with van der Waals surface area (Å²) in [6.45, 7) is 4.63. The zero-order chi connectivity index (χ0) is 30.3. The van der Waals surface area contributed by atoms with Crippen LogP contribution >= 0.6 is 0 Å². The van der Waals surface area contributed by atoms with Crippen LogP contribution in [0.1, 0.15) is 45.1 Å². The first kappa shape index (κ1) is 31.2. The SMILES string of the molecule is COc1ccc(CC(NC(=O)C(C)NC(=O)CN2CCNC(=O)C2)C(=O)NC(CC2=CCCC2)C(=O)C2(C)CO2)cc1. The van der Waals surface area contributed by atoms with Gasteiger partial charge in [-0.3, -0.25) is 28.9 Å². The second kappa shape index (κ2) is 13.9. The Kier molecular flexibility index (Phi) is 10.3. The Bertz CT molecular complexity index is 1210. The van der Waals surface area contributed by atoms with Gasteiger partial charge in [-0.2, -0.15) is 0 Å². The third-order valence-electron chi connectivity index (χ3n) is 7.82. The molecule has 2 aliphatic heterocycles. The van der Waals surface area contributed by atoms with Gasteiger partial charge in [0.15, 0.2) is 5.78 Å². The van der Waals surface area contributed by atoms with Crippen LogP contribution in [0.15, 0.2) is 35.9 Å². The van der Waals surface area contributed by atoms with Gasteiger partial charge in [-0.15, -0.1) is 0 Å². The summed E-state index contributed by atoms with van der Waals surface area (Å²) in [4.78, 5) is 66.1. The first-order valence-corrected chi connectivity index (χ1v) is 14.4. The highest BCUT2D eigenvalue weighted by atomic mass is 16.6. The highest BCUT2D eigenvalue weighted by molar-refractivity contribution is 5.98. The number of hydrogen-bond acceptors (Lipinski definition) is 8. The Hall–Kier alpha value is -3.77. The van der Waals surface area contributed by atoms with Gasteiger partial charge in [-0.05, 0) is 57.2 Å². The molecule has 42 heavy (non-hydrogen) atoms. The van der Waals surface area contributed by atoms with E-state index < -0.39 is 41.4 Å². The Labute approximate surface area is 245 Å². The van der Waals surface area contributed by atoms with Crippen molar-refractivity contribution in [2.45, 2.75) is 69.7 Å². The Morgan fingerprint density at radius 3 is 2.40 bits per heavy atom. The van der Waals surface area contributed by atoms with Crippen LogP contribution in [0.2, 0.25) is 0 Å². The normalized spacial score (nSPS) is 22.2. The van der Waals surface area contributed by atoms with Crippen molar-refractivity contribution in [2.75, 3.05) is 39.9 Å². The van der Waals surface area contributed by atoms with Crippen LogP contribution in [-0.4, -0.2) is 97.9 Å². The molecule has 0 saturated carbocycles. The van der Waals surface area contributed by atoms with Crippen LogP contribution in [0.5, 0.6) is 5.75 Å². The number of ketones is 1. The van der Waals surface area contributed by atoms with Crippen LogP contribution in [0.25, 0.3) is 0 Å². The van der Waals surface area contributed by atoms with Gasteiger partial charge in [0, 0.05) is 19.5 Å². The number of methoxy groups -OCH3 is 1. The summed E-state index contributed by atoms with van der Waals surface area (Å²) in [6.07, 6.45) is 5.50. The van der Waals surface area contributed by atoms with Crippen LogP contribution in [-0.2, 0) is 35.1 Å². The fraction of sp³-hybridized carbons (Fsp3) is 0.567. The first-order chi connectivity index (χ1) is 20.1. The number of Topliss-reactive ketones (excluding diaryl/α,β-unsaturated/α-hetero) is 1. The number of piperazine rings is 1. The molecule has 4 atom stereocenters. The molecule has 0 bridgehead atoms. The summed E-state index contributed by atoms with van der Waals surface area (Å²) in [5.74, 6) is -1.15. The monoisotopic (exact) mass is 583 g/mol. The van der Waals surface area contributed by atoms with E-state index in [0.717, 1.165) is 30.4 Å². The first-order valence-electron chi connectivity index (χ1n) is 14.4. The zero-order valence-electron chi connectivity index (χ0n) is 24.5. The molecule has 2 fully saturated rings. The molecule has 228 valence electrons. The third-order valence-corrected chi connectivity index (χ3v) is 7.82. The maximum atomic E-state index is 13.7. The minimum absolute atomic E-state index is 0.0265. The Morgan fingerprint density at radius 1 is 1.07 bits per heavy atom. The lowest BCUT2D eigenvalue weighted by Gasteiger charge is -2.27. The van der Waals surface area contributed by atoms with Gasteiger partial charge in [-0.1, -0.05) is 23.8 Å². The van der Waals surface area contributed by atoms with E-state index in [-0.39, 0.29) is 31.2 Å². The number of carbonyl (C=O) groups is 5. The van der Waals surface area contributed by atoms with Gasteiger partial charge < -0.3 is 30.7 Å². The molecule has 0 radical (unpaired) electrons. The van der Waals surface area contributed by atoms with Crippen LogP contribution in [0, 0.1) is 0 Å². The smallest absolute Gasteiger partial charge is 0.243 e. The molecule has 2 heterocycles. The van der Waals surface area contributed by atoms with E-state index in [0.29, 0.717) is 31.9 Å². The van der Waals surface area contributed by atoms with E-state index >= 15 is 0 Å². The maximum Gasteiger partial charge on any atom is 0.243 e. The summed E-state index contributed by atoms with van der Waals surface area (Å²) >= 11 is 0. The molecule has 12 heteroatoms. The predicted octanol–water partition coefficient (Wildman–Crippen LogP) is 0.00220. The number of carbonyl (C=O) groups excluding carboxylic acids is 5. The molecular formula is C30H41N5O7. The number of allylic oxidation sites excluding steroid dienone is 1. The minimum atomic E-state index is -1.02. The molecule has 4 rings (SSSR count). The second-order valence-corrected chi connectivity index (χ2v) is 11.4. The van der Waals surface area contributed by atoms with Crippen molar-refractivity contribution in [3.8, 4) is 5.75 Å². The number of ether oxygens (including phenoxy) is 2. The lowest BCUT2D eigenvalue weighted by atomic mass is 9.94. The molecule has 1 aromatic carbocycles. The Morgan fingerprint density at radius 2 is 1.79 bits per heavy atom. The Balaban J connectivity index is 1.44. The van der Waals surface area contributed by atoms with Crippen molar-refractivity contribution in [3.05, 3.63) is 41.5 Å². The van der Waals surface area contributed by atoms with Crippen molar-refractivity contribution in [3.63, 3.8) is 0 Å². The number of nitrogens with zero attached hydrogens (tertiary/aromatic N) is 1. The van der Waals surface area contributed by atoms with Crippen molar-refractivity contribution >= 4 is 29.4 Å². The molecule has 0 spiro atoms. The summed E-state index contributed by atoms with van der Waals surface area (Å²) in [6, 6.07) is 4.38. The molecule has 4 unspecified atom stereocenters. The van der Waals surface area contributed by atoms with Crippen molar-refractivity contribution in [2.24, 2.45) is 0 Å². The van der Waals surface area contributed by atoms with Gasteiger partial charge in [0.25, 0.3) is 0 Å². The van der Waals surface area contributed by atoms with Crippen LogP contribution in [0.3, 0.4) is 0 Å². The lowest BCUT2D eigenvalue weighted by molar-refractivity contribution is -0.134. The number of rotatable bonds is 14. The number of nitrogens with one attached hydrogen (secondary N) is 4. The number of epoxide rings is 1. The van der Waals surface area contributed by atoms with Gasteiger partial charge in [-0.25, -0.2) is 0 Å². The van der Waals surface area contributed by atoms with Crippen molar-refractivity contribution in [1.82, 2.24) is 26.2 Å². The van der Waals surface area contributed by atoms with Gasteiger partial charge in [0.1, 0.15) is 23.4 Å². The third kappa shape index (κ3) is 8.62. The van der Waals surface area contributed by atoms with E-state index in [1.165, 1.54) is 6.92 Å². The fourth-order valence-electron chi connectivity index (χ4n) is 5.17. The van der Waals surface area contributed by atoms with Crippen LogP contribution in [0.4, 0.5) is 0 Å². The standard InChI is InChI=1S/C30H41N5O7/c1-19(32-26(37)17-35-13-12-31-25(36)16-35)28(39)34-24(15-21-8-10-22(41-3)11-9-21)29(40)33-23(14-20-6-4-5-7-20)27(38)30(2)18-42-30/h6,8-11,19,23-24H,4-5,7,12-18H2,1-3H3,(H,31,36)(H,32,37)(H,33,40)(H,34,39). The molecule has 4 N–H and O–H groups in total. The second-order valence-electron chi connectivity index (χ2n) is 11.4. The maximum absolute atomic E-state index is 13.7. The van der Waals surface area contributed by atoms with Crippen LogP contribution < -0.4 is 26.0 Å². The summed E-state index contributed by atoms with van der Waals surface area (Å²) in [5.41, 5.74) is 0.978. The molecule has 1 aliphatic carbocycles. The topological polar surface area (TPSA) is 158 Å². The summed E-state index contributed by atoms with van der Waals surface area (Å²) in [7, 11) is 1.56. The highest BCUT2D eigenvalue weighted by Crippen LogP contribution is 2.31. The van der Waals surface area contributed by atoms with Gasteiger partial charge in [0.05, 0.1) is 32.8 Å². The van der Waals surface area contributed by atoms with E-state index in [4.69, 9.17) is 9.47 Å². The molecule has 4 amide bonds. The van der Waals surface area contributed by atoms with Gasteiger partial charge in [0.2, 0.25) is 23.6 Å². The van der Waals surface area contributed by atoms with E-state index in [1.807, 2.05) is 0 Å². The number of amides is 4. The molecule has 3 aliphatic rings. The van der Waals surface area contributed by atoms with Crippen molar-refractivity contribution in [1.29, 1.82) is 0 Å². The van der Waals surface area contributed by atoms with Gasteiger partial charge >= 0.3 is 0 Å². The molecule has 0 aromatic heterocycles. The van der Waals surface area contributed by atoms with Crippen molar-refractivity contribution < 1.29 is 33.4 Å². The highest BCUT2D eigenvalue weighted by Gasteiger charge is 2.50. The summed E-state index contributed by atoms with van der Waals surface area (Å²) in [5, 5.41) is 11.0. The van der Waals surface area contributed by atoms with E-state index in [2.05, 4.69) is 27.3 Å². The molecule has 1 aromatic rings. The molecular weight excluding hydrogens is 542 g/mol.